The number of nitrogens with one attached hydrogen (secondary N) is 1. The lowest BCUT2D eigenvalue weighted by Gasteiger charge is -2.32. The summed E-state index contributed by atoms with van der Waals surface area (Å²) in [5.74, 6) is 0.740. The second-order valence-corrected chi connectivity index (χ2v) is 6.28. The largest absolute Gasteiger partial charge is 0.311 e. The number of halogens is 1. The molecule has 0 amide bonds. The van der Waals surface area contributed by atoms with Crippen LogP contribution in [-0.4, -0.2) is 12.1 Å². The van der Waals surface area contributed by atoms with Gasteiger partial charge in [0.2, 0.25) is 0 Å². The van der Waals surface area contributed by atoms with Crippen molar-refractivity contribution in [3.8, 4) is 0 Å². The summed E-state index contributed by atoms with van der Waals surface area (Å²) in [4.78, 5) is 0. The van der Waals surface area contributed by atoms with Crippen molar-refractivity contribution in [2.75, 3.05) is 0 Å². The number of rotatable bonds is 6. The molecule has 1 saturated carbocycles. The second-order valence-electron chi connectivity index (χ2n) is 6.28. The van der Waals surface area contributed by atoms with E-state index in [-0.39, 0.29) is 5.82 Å². The maximum Gasteiger partial charge on any atom is 0.126 e. The molecule has 2 heteroatoms. The molecule has 1 aromatic rings. The van der Waals surface area contributed by atoms with E-state index in [4.69, 9.17) is 0 Å². The van der Waals surface area contributed by atoms with Crippen LogP contribution in [0.25, 0.3) is 0 Å². The summed E-state index contributed by atoms with van der Waals surface area (Å²) in [5, 5.41) is 3.75. The average Bonchev–Trinajstić information content (AvgIpc) is 2.48. The van der Waals surface area contributed by atoms with Gasteiger partial charge in [-0.05, 0) is 50.2 Å². The molecular formula is C18H28FN. The lowest BCUT2D eigenvalue weighted by Crippen LogP contribution is -2.42. The lowest BCUT2D eigenvalue weighted by molar-refractivity contribution is 0.248. The third-order valence-electron chi connectivity index (χ3n) is 4.64. The zero-order valence-corrected chi connectivity index (χ0v) is 12.9. The van der Waals surface area contributed by atoms with Crippen LogP contribution in [0.15, 0.2) is 24.3 Å². The fourth-order valence-electron chi connectivity index (χ4n) is 3.54. The molecule has 0 heterocycles. The molecule has 2 atom stereocenters. The van der Waals surface area contributed by atoms with Gasteiger partial charge in [0.1, 0.15) is 5.82 Å². The molecule has 1 aliphatic rings. The van der Waals surface area contributed by atoms with E-state index in [0.29, 0.717) is 12.1 Å². The zero-order valence-electron chi connectivity index (χ0n) is 12.9. The first-order valence-corrected chi connectivity index (χ1v) is 8.20. The van der Waals surface area contributed by atoms with Gasteiger partial charge >= 0.3 is 0 Å². The Morgan fingerprint density at radius 3 is 2.55 bits per heavy atom. The number of hydrogen-bond donors (Lipinski definition) is 1. The van der Waals surface area contributed by atoms with Gasteiger partial charge in [0.15, 0.2) is 0 Å². The molecule has 2 unspecified atom stereocenters. The molecule has 1 nitrogen and oxygen atoms in total. The highest BCUT2D eigenvalue weighted by molar-refractivity contribution is 5.18. The van der Waals surface area contributed by atoms with Crippen LogP contribution in [0.3, 0.4) is 0 Å². The van der Waals surface area contributed by atoms with Crippen molar-refractivity contribution < 1.29 is 4.39 Å². The van der Waals surface area contributed by atoms with Crippen LogP contribution in [-0.2, 0) is 6.42 Å². The zero-order chi connectivity index (χ0) is 14.4. The summed E-state index contributed by atoms with van der Waals surface area (Å²) >= 11 is 0. The van der Waals surface area contributed by atoms with E-state index in [1.54, 1.807) is 12.1 Å². The predicted octanol–water partition coefficient (Wildman–Crippen LogP) is 4.71. The lowest BCUT2D eigenvalue weighted by atomic mass is 9.82. The normalized spacial score (nSPS) is 19.8. The van der Waals surface area contributed by atoms with Crippen LogP contribution < -0.4 is 5.32 Å². The van der Waals surface area contributed by atoms with Crippen molar-refractivity contribution >= 4 is 0 Å². The molecule has 1 aliphatic carbocycles. The quantitative estimate of drug-likeness (QED) is 0.794. The Bertz CT molecular complexity index is 398. The maximum absolute atomic E-state index is 13.7. The molecule has 0 radical (unpaired) electrons. The topological polar surface area (TPSA) is 12.0 Å². The SMILES string of the molecule is CCC(NC(C)Cc1ccccc1F)C1CCCCC1. The minimum absolute atomic E-state index is 0.0770. The van der Waals surface area contributed by atoms with Crippen LogP contribution >= 0.6 is 0 Å². The monoisotopic (exact) mass is 277 g/mol. The van der Waals surface area contributed by atoms with E-state index < -0.39 is 0 Å². The van der Waals surface area contributed by atoms with Crippen molar-refractivity contribution in [3.63, 3.8) is 0 Å². The Morgan fingerprint density at radius 2 is 1.90 bits per heavy atom. The van der Waals surface area contributed by atoms with Gasteiger partial charge in [0.25, 0.3) is 0 Å². The van der Waals surface area contributed by atoms with Crippen molar-refractivity contribution in [3.05, 3.63) is 35.6 Å². The van der Waals surface area contributed by atoms with Crippen LogP contribution in [0.5, 0.6) is 0 Å². The van der Waals surface area contributed by atoms with Gasteiger partial charge in [0.05, 0.1) is 0 Å². The minimum atomic E-state index is -0.0770. The number of hydrogen-bond acceptors (Lipinski definition) is 1. The van der Waals surface area contributed by atoms with Crippen molar-refractivity contribution in [2.24, 2.45) is 5.92 Å². The molecule has 0 spiro atoms. The summed E-state index contributed by atoms with van der Waals surface area (Å²) in [7, 11) is 0. The highest BCUT2D eigenvalue weighted by Gasteiger charge is 2.23. The summed E-state index contributed by atoms with van der Waals surface area (Å²) in [6, 6.07) is 8.06. The van der Waals surface area contributed by atoms with E-state index in [1.165, 1.54) is 38.5 Å². The molecule has 0 bridgehead atoms. The Labute approximate surface area is 123 Å². The fraction of sp³-hybridized carbons (Fsp3) is 0.667. The van der Waals surface area contributed by atoms with Gasteiger partial charge in [-0.1, -0.05) is 44.4 Å². The second kappa shape index (κ2) is 7.78. The molecule has 1 aromatic carbocycles. The van der Waals surface area contributed by atoms with E-state index in [2.05, 4.69) is 19.2 Å². The molecule has 20 heavy (non-hydrogen) atoms. The van der Waals surface area contributed by atoms with Crippen molar-refractivity contribution in [2.45, 2.75) is 70.9 Å². The van der Waals surface area contributed by atoms with Crippen molar-refractivity contribution in [1.29, 1.82) is 0 Å². The smallest absolute Gasteiger partial charge is 0.126 e. The molecular weight excluding hydrogens is 249 g/mol. The van der Waals surface area contributed by atoms with E-state index >= 15 is 0 Å². The molecule has 0 saturated heterocycles. The van der Waals surface area contributed by atoms with Crippen molar-refractivity contribution in [1.82, 2.24) is 5.32 Å². The van der Waals surface area contributed by atoms with Crippen LogP contribution in [0.2, 0.25) is 0 Å². The first kappa shape index (κ1) is 15.5. The van der Waals surface area contributed by atoms with E-state index in [1.807, 2.05) is 12.1 Å². The van der Waals surface area contributed by atoms with Gasteiger partial charge in [-0.15, -0.1) is 0 Å². The highest BCUT2D eigenvalue weighted by Crippen LogP contribution is 2.28. The number of benzene rings is 1. The van der Waals surface area contributed by atoms with Gasteiger partial charge in [-0.25, -0.2) is 4.39 Å². The predicted molar refractivity (Wildman–Crippen MR) is 83.4 cm³/mol. The Kier molecular flexibility index (Phi) is 6.03. The summed E-state index contributed by atoms with van der Waals surface area (Å²) in [6.07, 6.45) is 8.82. The summed E-state index contributed by atoms with van der Waals surface area (Å²) < 4.78 is 13.7. The minimum Gasteiger partial charge on any atom is -0.311 e. The molecule has 0 aliphatic heterocycles. The van der Waals surface area contributed by atoms with Crippen LogP contribution in [0.4, 0.5) is 4.39 Å². The Morgan fingerprint density at radius 1 is 1.20 bits per heavy atom. The highest BCUT2D eigenvalue weighted by atomic mass is 19.1. The molecule has 2 rings (SSSR count). The fourth-order valence-corrected chi connectivity index (χ4v) is 3.54. The standard InChI is InChI=1S/C18H28FN/c1-3-18(15-9-5-4-6-10-15)20-14(2)13-16-11-7-8-12-17(16)19/h7-8,11-12,14-15,18,20H,3-6,9-10,13H2,1-2H3. The third-order valence-corrected chi connectivity index (χ3v) is 4.64. The molecule has 112 valence electrons. The van der Waals surface area contributed by atoms with Gasteiger partial charge in [-0.2, -0.15) is 0 Å². The Hall–Kier alpha value is -0.890. The van der Waals surface area contributed by atoms with Gasteiger partial charge in [-0.3, -0.25) is 0 Å². The van der Waals surface area contributed by atoms with Crippen LogP contribution in [0.1, 0.15) is 57.9 Å². The summed E-state index contributed by atoms with van der Waals surface area (Å²) in [6.45, 7) is 4.44. The average molecular weight is 277 g/mol. The van der Waals surface area contributed by atoms with E-state index in [0.717, 1.165) is 17.9 Å². The van der Waals surface area contributed by atoms with Gasteiger partial charge in [0, 0.05) is 12.1 Å². The third kappa shape index (κ3) is 4.31. The Balaban J connectivity index is 1.88. The first-order valence-electron chi connectivity index (χ1n) is 8.20. The van der Waals surface area contributed by atoms with Gasteiger partial charge < -0.3 is 5.32 Å². The maximum atomic E-state index is 13.7. The first-order chi connectivity index (χ1) is 9.70. The molecule has 1 N–H and O–H groups in total. The van der Waals surface area contributed by atoms with E-state index in [9.17, 15) is 4.39 Å². The molecule has 1 fully saturated rings. The molecule has 0 aromatic heterocycles. The van der Waals surface area contributed by atoms with Crippen LogP contribution in [0, 0.1) is 11.7 Å². The summed E-state index contributed by atoms with van der Waals surface area (Å²) in [5.41, 5.74) is 0.825.